The third-order valence-corrected chi connectivity index (χ3v) is 3.50. The molecule has 0 aromatic carbocycles. The Morgan fingerprint density at radius 3 is 2.54 bits per heavy atom. The molecule has 0 aliphatic heterocycles. The van der Waals surface area contributed by atoms with Crippen molar-refractivity contribution in [3.63, 3.8) is 0 Å². The van der Waals surface area contributed by atoms with E-state index in [1.54, 1.807) is 0 Å². The van der Waals surface area contributed by atoms with Gasteiger partial charge in [0.1, 0.15) is 0 Å². The van der Waals surface area contributed by atoms with Crippen molar-refractivity contribution >= 4 is 0 Å². The second kappa shape index (κ2) is 2.60. The predicted molar refractivity (Wildman–Crippen MR) is 57.4 cm³/mol. The average molecular weight is 174 g/mol. The first kappa shape index (κ1) is 8.80. The summed E-state index contributed by atoms with van der Waals surface area (Å²) in [6.45, 7) is 7.06. The van der Waals surface area contributed by atoms with E-state index in [0.717, 1.165) is 0 Å². The lowest BCUT2D eigenvalue weighted by Crippen LogP contribution is -2.37. The number of allylic oxidation sites excluding steroid dienone is 6. The minimum absolute atomic E-state index is 0.260. The van der Waals surface area contributed by atoms with Crippen LogP contribution < -0.4 is 0 Å². The molecule has 2 atom stereocenters. The van der Waals surface area contributed by atoms with Gasteiger partial charge in [-0.05, 0) is 17.8 Å². The van der Waals surface area contributed by atoms with Gasteiger partial charge in [0.05, 0.1) is 0 Å². The number of hydrogen-bond acceptors (Lipinski definition) is 0. The molecule has 0 aromatic rings. The maximum atomic E-state index is 2.36. The zero-order valence-electron chi connectivity index (χ0n) is 8.75. The molecule has 2 aliphatic rings. The molecule has 2 aliphatic carbocycles. The molecule has 0 amide bonds. The Bertz CT molecular complexity index is 291. The third kappa shape index (κ3) is 1.29. The summed E-state index contributed by atoms with van der Waals surface area (Å²) in [6, 6.07) is 0. The fourth-order valence-electron chi connectivity index (χ4n) is 2.75. The SMILES string of the molecule is CC12C=CC=CC1C(C)(C)CC=C2. The highest BCUT2D eigenvalue weighted by molar-refractivity contribution is 5.29. The van der Waals surface area contributed by atoms with E-state index in [9.17, 15) is 0 Å². The first-order valence-corrected chi connectivity index (χ1v) is 5.08. The maximum absolute atomic E-state index is 2.36. The van der Waals surface area contributed by atoms with Gasteiger partial charge >= 0.3 is 0 Å². The Morgan fingerprint density at radius 2 is 1.85 bits per heavy atom. The van der Waals surface area contributed by atoms with Crippen LogP contribution in [0.15, 0.2) is 36.5 Å². The van der Waals surface area contributed by atoms with E-state index in [1.165, 1.54) is 6.42 Å². The number of fused-ring (bicyclic) bond motifs is 1. The second-order valence-electron chi connectivity index (χ2n) is 5.18. The monoisotopic (exact) mass is 174 g/mol. The maximum Gasteiger partial charge on any atom is 0.0104 e. The van der Waals surface area contributed by atoms with E-state index < -0.39 is 0 Å². The van der Waals surface area contributed by atoms with Gasteiger partial charge in [-0.1, -0.05) is 57.2 Å². The van der Waals surface area contributed by atoms with Crippen molar-refractivity contribution in [3.05, 3.63) is 36.5 Å². The van der Waals surface area contributed by atoms with Crippen molar-refractivity contribution in [1.82, 2.24) is 0 Å². The van der Waals surface area contributed by atoms with Crippen LogP contribution in [0.1, 0.15) is 27.2 Å². The molecule has 0 radical (unpaired) electrons. The van der Waals surface area contributed by atoms with Crippen molar-refractivity contribution in [2.24, 2.45) is 16.7 Å². The minimum atomic E-state index is 0.260. The van der Waals surface area contributed by atoms with Crippen molar-refractivity contribution in [2.75, 3.05) is 0 Å². The number of rotatable bonds is 0. The largest absolute Gasteiger partial charge is 0.0871 e. The molecule has 0 N–H and O–H groups in total. The smallest absolute Gasteiger partial charge is 0.0104 e. The van der Waals surface area contributed by atoms with Crippen LogP contribution in [0, 0.1) is 16.7 Å². The molecule has 0 spiro atoms. The normalized spacial score (nSPS) is 40.4. The highest BCUT2D eigenvalue weighted by Crippen LogP contribution is 2.50. The molecule has 0 bridgehead atoms. The lowest BCUT2D eigenvalue weighted by molar-refractivity contribution is 0.160. The Morgan fingerprint density at radius 1 is 1.08 bits per heavy atom. The highest BCUT2D eigenvalue weighted by atomic mass is 14.4. The minimum Gasteiger partial charge on any atom is -0.0871 e. The van der Waals surface area contributed by atoms with Crippen molar-refractivity contribution in [3.8, 4) is 0 Å². The van der Waals surface area contributed by atoms with E-state index in [2.05, 4.69) is 57.2 Å². The summed E-state index contributed by atoms with van der Waals surface area (Å²) in [4.78, 5) is 0. The summed E-state index contributed by atoms with van der Waals surface area (Å²) in [5.74, 6) is 0.662. The Hall–Kier alpha value is -0.780. The molecular formula is C13H18. The fraction of sp³-hybridized carbons (Fsp3) is 0.538. The fourth-order valence-corrected chi connectivity index (χ4v) is 2.75. The Balaban J connectivity index is 2.44. The molecule has 70 valence electrons. The molecule has 0 heterocycles. The zero-order valence-corrected chi connectivity index (χ0v) is 8.75. The van der Waals surface area contributed by atoms with Crippen molar-refractivity contribution in [1.29, 1.82) is 0 Å². The van der Waals surface area contributed by atoms with Crippen molar-refractivity contribution < 1.29 is 0 Å². The quantitative estimate of drug-likeness (QED) is 0.491. The summed E-state index contributed by atoms with van der Waals surface area (Å²) in [6.07, 6.45) is 14.9. The van der Waals surface area contributed by atoms with Crippen molar-refractivity contribution in [2.45, 2.75) is 27.2 Å². The summed E-state index contributed by atoms with van der Waals surface area (Å²) < 4.78 is 0. The van der Waals surface area contributed by atoms with Gasteiger partial charge in [-0.3, -0.25) is 0 Å². The van der Waals surface area contributed by atoms with Gasteiger partial charge in [-0.2, -0.15) is 0 Å². The molecule has 2 unspecified atom stereocenters. The molecule has 13 heavy (non-hydrogen) atoms. The molecule has 0 heteroatoms. The lowest BCUT2D eigenvalue weighted by Gasteiger charge is -2.46. The van der Waals surface area contributed by atoms with Gasteiger partial charge in [0.2, 0.25) is 0 Å². The third-order valence-electron chi connectivity index (χ3n) is 3.50. The van der Waals surface area contributed by atoms with Gasteiger partial charge in [0, 0.05) is 5.41 Å². The van der Waals surface area contributed by atoms with Gasteiger partial charge in [0.25, 0.3) is 0 Å². The predicted octanol–water partition coefficient (Wildman–Crippen LogP) is 3.72. The van der Waals surface area contributed by atoms with E-state index in [-0.39, 0.29) is 5.41 Å². The number of hydrogen-bond donors (Lipinski definition) is 0. The second-order valence-corrected chi connectivity index (χ2v) is 5.18. The zero-order chi connectivity index (χ0) is 9.53. The molecular weight excluding hydrogens is 156 g/mol. The van der Waals surface area contributed by atoms with Crippen LogP contribution >= 0.6 is 0 Å². The van der Waals surface area contributed by atoms with E-state index >= 15 is 0 Å². The Labute approximate surface area is 81.0 Å². The topological polar surface area (TPSA) is 0 Å². The van der Waals surface area contributed by atoms with Crippen LogP contribution in [-0.2, 0) is 0 Å². The van der Waals surface area contributed by atoms with Gasteiger partial charge in [0.15, 0.2) is 0 Å². The Kier molecular flexibility index (Phi) is 1.76. The summed E-state index contributed by atoms with van der Waals surface area (Å²) in [5.41, 5.74) is 0.668. The molecule has 0 nitrogen and oxygen atoms in total. The molecule has 0 fully saturated rings. The van der Waals surface area contributed by atoms with E-state index in [1.807, 2.05) is 0 Å². The molecule has 0 saturated heterocycles. The van der Waals surface area contributed by atoms with E-state index in [0.29, 0.717) is 11.3 Å². The summed E-state index contributed by atoms with van der Waals surface area (Å²) in [7, 11) is 0. The van der Waals surface area contributed by atoms with Crippen LogP contribution in [0.5, 0.6) is 0 Å². The lowest BCUT2D eigenvalue weighted by atomic mass is 9.58. The van der Waals surface area contributed by atoms with Crippen LogP contribution in [0.4, 0.5) is 0 Å². The van der Waals surface area contributed by atoms with Gasteiger partial charge < -0.3 is 0 Å². The van der Waals surface area contributed by atoms with Crippen LogP contribution in [0.25, 0.3) is 0 Å². The first-order valence-electron chi connectivity index (χ1n) is 5.08. The highest BCUT2D eigenvalue weighted by Gasteiger charge is 2.41. The molecule has 0 aromatic heterocycles. The standard InChI is InChI=1S/C13H18/c1-12(2)8-6-10-13(3)9-5-4-7-11(12)13/h4-7,9-11H,8H2,1-3H3. The first-order chi connectivity index (χ1) is 6.05. The summed E-state index contributed by atoms with van der Waals surface area (Å²) in [5, 5.41) is 0. The molecule has 2 rings (SSSR count). The van der Waals surface area contributed by atoms with E-state index in [4.69, 9.17) is 0 Å². The van der Waals surface area contributed by atoms with Gasteiger partial charge in [-0.25, -0.2) is 0 Å². The summed E-state index contributed by atoms with van der Waals surface area (Å²) >= 11 is 0. The molecule has 0 saturated carbocycles. The van der Waals surface area contributed by atoms with Crippen LogP contribution in [0.2, 0.25) is 0 Å². The average Bonchev–Trinajstić information content (AvgIpc) is 2.02. The van der Waals surface area contributed by atoms with Crippen LogP contribution in [0.3, 0.4) is 0 Å². The van der Waals surface area contributed by atoms with Gasteiger partial charge in [-0.15, -0.1) is 0 Å². The van der Waals surface area contributed by atoms with Crippen LogP contribution in [-0.4, -0.2) is 0 Å².